The van der Waals surface area contributed by atoms with E-state index < -0.39 is 69.1 Å². The number of alkyl halides is 1. The van der Waals surface area contributed by atoms with Gasteiger partial charge >= 0.3 is 6.80 Å². The molecule has 4 aromatic rings. The summed E-state index contributed by atoms with van der Waals surface area (Å²) in [6, 6.07) is 0. The molecular weight excluding hydrogens is 681 g/mol. The van der Waals surface area contributed by atoms with E-state index in [0.29, 0.717) is 0 Å². The number of halogens is 1. The van der Waals surface area contributed by atoms with Crippen LogP contribution < -0.4 is 17.0 Å². The summed E-state index contributed by atoms with van der Waals surface area (Å²) >= 11 is 8.59. The molecule has 0 amide bonds. The molecule has 3 aliphatic heterocycles. The quantitative estimate of drug-likeness (QED) is 0.149. The first kappa shape index (κ1) is 31.1. The number of aromatic nitrogens is 8. The number of H-pyrrole nitrogens is 1. The van der Waals surface area contributed by atoms with Gasteiger partial charge in [0.25, 0.3) is 5.56 Å². The number of aromatic amines is 1. The third-order valence-corrected chi connectivity index (χ3v) is 10.5. The van der Waals surface area contributed by atoms with Crippen molar-refractivity contribution in [1.29, 1.82) is 0 Å². The monoisotopic (exact) mass is 706 g/mol. The highest BCUT2D eigenvalue weighted by Crippen LogP contribution is 2.58. The first-order valence-corrected chi connectivity index (χ1v) is 18.1. The van der Waals surface area contributed by atoms with Gasteiger partial charge in [0.1, 0.15) is 42.4 Å². The molecule has 45 heavy (non-hydrogen) atoms. The summed E-state index contributed by atoms with van der Waals surface area (Å²) < 4.78 is 73.5. The lowest BCUT2D eigenvalue weighted by atomic mass is 10.1. The molecule has 0 saturated carbocycles. The molecule has 2 bridgehead atoms. The molecule has 3 saturated heterocycles. The molecule has 0 spiro atoms. The average molecular weight is 707 g/mol. The summed E-state index contributed by atoms with van der Waals surface area (Å²) in [5, 5.41) is 0. The predicted molar refractivity (Wildman–Crippen MR) is 160 cm³/mol. The molecule has 3 fully saturated rings. The van der Waals surface area contributed by atoms with Gasteiger partial charge in [-0.15, -0.1) is 0 Å². The number of ether oxygens (including phenoxy) is 3. The van der Waals surface area contributed by atoms with E-state index in [1.807, 2.05) is 0 Å². The Morgan fingerprint density at radius 3 is 2.58 bits per heavy atom. The number of methoxy groups -OCH3 is 1. The normalized spacial score (nSPS) is 36.0. The van der Waals surface area contributed by atoms with E-state index >= 15 is 4.39 Å². The molecule has 0 radical (unpaired) electrons. The summed E-state index contributed by atoms with van der Waals surface area (Å²) in [6.07, 6.45) is -5.73. The van der Waals surface area contributed by atoms with Gasteiger partial charge in [0.15, 0.2) is 41.3 Å². The molecule has 10 unspecified atom stereocenters. The third-order valence-electron chi connectivity index (χ3n) is 7.43. The maximum absolute atomic E-state index is 16.0. The molecule has 242 valence electrons. The van der Waals surface area contributed by atoms with Crippen LogP contribution in [0.15, 0.2) is 23.8 Å². The first-order chi connectivity index (χ1) is 21.5. The summed E-state index contributed by atoms with van der Waals surface area (Å²) in [5.74, 6) is -0.0437. The Balaban J connectivity index is 1.19. The van der Waals surface area contributed by atoms with Crippen LogP contribution in [0, 0.1) is 0 Å². The number of hydrogen-bond acceptors (Lipinski definition) is 17. The summed E-state index contributed by atoms with van der Waals surface area (Å²) in [5.41, 5.74) is 11.7. The number of hydrogen-bond donors (Lipinski definition) is 5. The molecule has 0 aliphatic carbocycles. The van der Waals surface area contributed by atoms with Crippen molar-refractivity contribution in [3.8, 4) is 0 Å². The van der Waals surface area contributed by atoms with Crippen molar-refractivity contribution in [2.45, 2.75) is 49.1 Å². The van der Waals surface area contributed by atoms with Crippen LogP contribution in [0.2, 0.25) is 0 Å². The Hall–Kier alpha value is -2.49. The van der Waals surface area contributed by atoms with Gasteiger partial charge in [-0.1, -0.05) is 24.5 Å². The molecule has 10 atom stereocenters. The van der Waals surface area contributed by atoms with Crippen LogP contribution in [-0.2, 0) is 36.9 Å². The lowest BCUT2D eigenvalue weighted by Crippen LogP contribution is -2.36. The van der Waals surface area contributed by atoms with Gasteiger partial charge in [0.2, 0.25) is 13.5 Å². The van der Waals surface area contributed by atoms with Crippen LogP contribution in [0.5, 0.6) is 0 Å². The minimum Gasteiger partial charge on any atom is -0.382 e. The molecule has 3 aliphatic rings. The Labute approximate surface area is 263 Å². The maximum atomic E-state index is 16.0. The second-order valence-electron chi connectivity index (χ2n) is 10.1. The summed E-state index contributed by atoms with van der Waals surface area (Å²) in [7, 11) is -0.601. The minimum atomic E-state index is -4.27. The lowest BCUT2D eigenvalue weighted by Gasteiger charge is -2.26. The van der Waals surface area contributed by atoms with Crippen LogP contribution >= 0.6 is 38.9 Å². The Morgan fingerprint density at radius 2 is 1.80 bits per heavy atom. The van der Waals surface area contributed by atoms with Gasteiger partial charge < -0.3 is 34.7 Å². The van der Waals surface area contributed by atoms with Crippen LogP contribution in [-0.4, -0.2) is 96.1 Å². The zero-order valence-electron chi connectivity index (χ0n) is 22.9. The highest BCUT2D eigenvalue weighted by Gasteiger charge is 2.53. The zero-order valence-corrected chi connectivity index (χ0v) is 26.5. The molecule has 7 heterocycles. The highest BCUT2D eigenvalue weighted by molar-refractivity contribution is 8.44. The topological polar surface area (TPSA) is 241 Å². The van der Waals surface area contributed by atoms with E-state index in [1.165, 1.54) is 35.2 Å². The number of fused-ring (bicyclic) bond motifs is 5. The van der Waals surface area contributed by atoms with Gasteiger partial charge in [-0.05, 0) is 0 Å². The van der Waals surface area contributed by atoms with Crippen molar-refractivity contribution in [1.82, 2.24) is 39.0 Å². The van der Waals surface area contributed by atoms with Crippen molar-refractivity contribution in [3.05, 3.63) is 29.3 Å². The van der Waals surface area contributed by atoms with E-state index in [-0.39, 0.29) is 47.3 Å². The highest BCUT2D eigenvalue weighted by atomic mass is 32.7. The molecule has 0 aromatic carbocycles. The van der Waals surface area contributed by atoms with Gasteiger partial charge in [0, 0.05) is 7.11 Å². The van der Waals surface area contributed by atoms with Crippen LogP contribution in [0.1, 0.15) is 12.5 Å². The number of thiol groups is 2. The van der Waals surface area contributed by atoms with Gasteiger partial charge in [-0.2, -0.15) is 4.98 Å². The second kappa shape index (κ2) is 11.9. The summed E-state index contributed by atoms with van der Waals surface area (Å²) in [4.78, 5) is 35.3. The number of rotatable bonds is 3. The smallest absolute Gasteiger partial charge is 0.382 e. The van der Waals surface area contributed by atoms with Gasteiger partial charge in [-0.25, -0.2) is 28.9 Å². The van der Waals surface area contributed by atoms with Gasteiger partial charge in [0.05, 0.1) is 25.9 Å². The van der Waals surface area contributed by atoms with Gasteiger partial charge in [-0.3, -0.25) is 28.0 Å². The molecule has 7 rings (SSSR count). The van der Waals surface area contributed by atoms with E-state index in [2.05, 4.69) is 54.4 Å². The number of imidazole rings is 2. The maximum Gasteiger partial charge on any atom is 0.386 e. The Bertz CT molecular complexity index is 1850. The third kappa shape index (κ3) is 5.61. The largest absolute Gasteiger partial charge is 0.386 e. The number of nitrogen functional groups attached to an aromatic ring is 2. The SMILES string of the molecule is COC1C2COP(=O)(S)OC3C(COP(S)OC1C(n1cnc4c(=O)[nH]c(N)nc41)O2)OC(n1cnc2c(N)ncnc21)C3F. The van der Waals surface area contributed by atoms with Crippen molar-refractivity contribution in [2.75, 3.05) is 31.8 Å². The molecule has 24 heteroatoms. The zero-order chi connectivity index (χ0) is 31.6. The fourth-order valence-electron chi connectivity index (χ4n) is 5.45. The lowest BCUT2D eigenvalue weighted by molar-refractivity contribution is -0.0559. The number of nitrogens with zero attached hydrogens (tertiary/aromatic N) is 7. The molecule has 5 N–H and O–H groups in total. The van der Waals surface area contributed by atoms with Crippen LogP contribution in [0.25, 0.3) is 22.3 Å². The number of anilines is 2. The molecule has 4 aromatic heterocycles. The second-order valence-corrected chi connectivity index (χ2v) is 14.9. The first-order valence-electron chi connectivity index (χ1n) is 13.1. The summed E-state index contributed by atoms with van der Waals surface area (Å²) in [6.45, 7) is -4.97. The fraction of sp³-hybridized carbons (Fsp3) is 0.524. The molecular formula is C21H25FN10O9P2S2. The molecule has 19 nitrogen and oxygen atoms in total. The van der Waals surface area contributed by atoms with E-state index in [4.69, 9.17) is 43.8 Å². The predicted octanol–water partition coefficient (Wildman–Crippen LogP) is 1.28. The Morgan fingerprint density at radius 1 is 1.07 bits per heavy atom. The van der Waals surface area contributed by atoms with Crippen molar-refractivity contribution >= 4 is 73.0 Å². The fourth-order valence-corrected chi connectivity index (χ4v) is 8.23. The van der Waals surface area contributed by atoms with Crippen molar-refractivity contribution in [3.63, 3.8) is 0 Å². The van der Waals surface area contributed by atoms with Crippen molar-refractivity contribution < 1.29 is 41.3 Å². The number of nitrogens with one attached hydrogen (secondary N) is 1. The van der Waals surface area contributed by atoms with Crippen molar-refractivity contribution in [2.24, 2.45) is 0 Å². The van der Waals surface area contributed by atoms with Crippen LogP contribution in [0.3, 0.4) is 0 Å². The average Bonchev–Trinajstić information content (AvgIpc) is 3.75. The van der Waals surface area contributed by atoms with E-state index in [9.17, 15) is 9.36 Å². The minimum absolute atomic E-state index is 0.00634. The Kier molecular flexibility index (Phi) is 8.26. The number of nitrogens with two attached hydrogens (primary N) is 2. The van der Waals surface area contributed by atoms with Crippen LogP contribution in [0.4, 0.5) is 16.2 Å². The standard InChI is InChI=1S/C21H25FN10O9P2S2/c1-35-13-8-3-37-43(34,45)41-12-7(38-19(9(12)22)31-5-27-10-15(23)25-4-26-16(10)31)2-36-42(44)40-14(13)20(39-8)32-6-28-11-17(32)29-21(24)30-18(11)33/h4-9,12-14,19-20,44H,2-3H2,1H3,(H,34,45)(H2,23,25,26)(H3,24,29,30,33). The van der Waals surface area contributed by atoms with E-state index in [0.717, 1.165) is 0 Å². The van der Waals surface area contributed by atoms with E-state index in [1.54, 1.807) is 0 Å².